The number of aromatic amines is 1. The van der Waals surface area contributed by atoms with E-state index >= 15 is 0 Å². The lowest BCUT2D eigenvalue weighted by Crippen LogP contribution is -2.24. The highest BCUT2D eigenvalue weighted by molar-refractivity contribution is 7.99. The van der Waals surface area contributed by atoms with E-state index in [0.717, 1.165) is 16.6 Å². The number of hydrogen-bond donors (Lipinski definition) is 2. The molecule has 0 spiro atoms. The molecule has 0 saturated heterocycles. The average molecular weight is 407 g/mol. The third-order valence-corrected chi connectivity index (χ3v) is 4.76. The molecule has 0 fully saturated rings. The van der Waals surface area contributed by atoms with Crippen molar-refractivity contribution in [2.45, 2.75) is 25.2 Å². The number of fused-ring (bicyclic) bond motifs is 1. The summed E-state index contributed by atoms with van der Waals surface area (Å²) in [6.07, 6.45) is 0. The van der Waals surface area contributed by atoms with Crippen molar-refractivity contribution in [3.05, 3.63) is 47.5 Å². The van der Waals surface area contributed by atoms with Crippen molar-refractivity contribution in [3.63, 3.8) is 0 Å². The molecule has 6 nitrogen and oxygen atoms in total. The van der Waals surface area contributed by atoms with Crippen LogP contribution in [0.2, 0.25) is 0 Å². The maximum absolute atomic E-state index is 12.4. The summed E-state index contributed by atoms with van der Waals surface area (Å²) in [6.45, 7) is -0.690. The highest BCUT2D eigenvalue weighted by atomic mass is 32.2. The number of methoxy groups -OCH3 is 1. The Hall–Kier alpha value is -2.81. The molecule has 148 valence electrons. The number of thioether (sulfide) groups is 1. The zero-order valence-corrected chi connectivity index (χ0v) is 16.1. The number of halogens is 2. The topological polar surface area (TPSA) is 76.2 Å². The van der Waals surface area contributed by atoms with E-state index < -0.39 is 6.61 Å². The second-order valence-electron chi connectivity index (χ2n) is 5.99. The Morgan fingerprint density at radius 3 is 2.82 bits per heavy atom. The maximum atomic E-state index is 12.4. The fourth-order valence-corrected chi connectivity index (χ4v) is 3.28. The van der Waals surface area contributed by atoms with Gasteiger partial charge >= 0.3 is 6.61 Å². The number of H-pyrrole nitrogens is 1. The molecule has 0 aliphatic heterocycles. The number of aromatic nitrogens is 2. The van der Waals surface area contributed by atoms with Gasteiger partial charge in [0, 0.05) is 6.54 Å². The van der Waals surface area contributed by atoms with E-state index in [0.29, 0.717) is 10.7 Å². The first-order chi connectivity index (χ1) is 13.4. The summed E-state index contributed by atoms with van der Waals surface area (Å²) < 4.78 is 34.1. The van der Waals surface area contributed by atoms with Crippen LogP contribution in [0.1, 0.15) is 11.1 Å². The minimum Gasteiger partial charge on any atom is -0.493 e. The molecule has 1 amide bonds. The number of carbonyl (C=O) groups excluding carboxylic acids is 1. The highest BCUT2D eigenvalue weighted by Gasteiger charge is 2.12. The standard InChI is InChI=1S/C19H19F2N3O3S/c1-11-3-5-13-14(7-11)24-19(23-13)28-10-17(25)22-9-12-4-6-15(27-18(20)21)16(8-12)26-2/h3-8,18H,9-10H2,1-2H3,(H,22,25)(H,23,24). The number of benzene rings is 2. The third kappa shape index (κ3) is 5.13. The van der Waals surface area contributed by atoms with Crippen LogP contribution in [0.5, 0.6) is 11.5 Å². The molecule has 0 bridgehead atoms. The maximum Gasteiger partial charge on any atom is 0.387 e. The van der Waals surface area contributed by atoms with Crippen LogP contribution in [0, 0.1) is 6.92 Å². The molecule has 3 aromatic rings. The van der Waals surface area contributed by atoms with Crippen molar-refractivity contribution >= 4 is 28.7 Å². The molecule has 3 rings (SSSR count). The van der Waals surface area contributed by atoms with Gasteiger partial charge in [0.05, 0.1) is 23.9 Å². The number of rotatable bonds is 8. The van der Waals surface area contributed by atoms with Gasteiger partial charge in [0.2, 0.25) is 5.91 Å². The molecule has 0 aliphatic carbocycles. The third-order valence-electron chi connectivity index (χ3n) is 3.89. The first-order valence-electron chi connectivity index (χ1n) is 8.42. The highest BCUT2D eigenvalue weighted by Crippen LogP contribution is 2.29. The van der Waals surface area contributed by atoms with Gasteiger partial charge in [-0.1, -0.05) is 23.9 Å². The Morgan fingerprint density at radius 1 is 1.25 bits per heavy atom. The van der Waals surface area contributed by atoms with Crippen molar-refractivity contribution in [2.24, 2.45) is 0 Å². The van der Waals surface area contributed by atoms with Gasteiger partial charge in [-0.2, -0.15) is 8.78 Å². The van der Waals surface area contributed by atoms with Gasteiger partial charge in [-0.05, 0) is 42.3 Å². The normalized spacial score (nSPS) is 11.0. The van der Waals surface area contributed by atoms with Crippen molar-refractivity contribution in [1.82, 2.24) is 15.3 Å². The van der Waals surface area contributed by atoms with E-state index in [1.807, 2.05) is 25.1 Å². The fourth-order valence-electron chi connectivity index (χ4n) is 2.57. The predicted octanol–water partition coefficient (Wildman–Crippen LogP) is 3.89. The lowest BCUT2D eigenvalue weighted by molar-refractivity contribution is -0.118. The summed E-state index contributed by atoms with van der Waals surface area (Å²) in [5.41, 5.74) is 3.62. The molecular formula is C19H19F2N3O3S. The number of imidazole rings is 1. The smallest absolute Gasteiger partial charge is 0.387 e. The molecule has 1 heterocycles. The first-order valence-corrected chi connectivity index (χ1v) is 9.41. The second-order valence-corrected chi connectivity index (χ2v) is 6.96. The number of alkyl halides is 2. The van der Waals surface area contributed by atoms with Gasteiger partial charge in [0.1, 0.15) is 0 Å². The summed E-state index contributed by atoms with van der Waals surface area (Å²) >= 11 is 1.31. The molecule has 0 radical (unpaired) electrons. The number of ether oxygens (including phenoxy) is 2. The Morgan fingerprint density at radius 2 is 2.07 bits per heavy atom. The van der Waals surface area contributed by atoms with E-state index in [4.69, 9.17) is 4.74 Å². The van der Waals surface area contributed by atoms with Crippen LogP contribution in [-0.2, 0) is 11.3 Å². The Labute approximate surface area is 164 Å². The lowest BCUT2D eigenvalue weighted by atomic mass is 10.2. The Bertz CT molecular complexity index is 978. The van der Waals surface area contributed by atoms with Crippen molar-refractivity contribution in [2.75, 3.05) is 12.9 Å². The Kier molecular flexibility index (Phi) is 6.35. The molecule has 0 aliphatic rings. The number of nitrogens with one attached hydrogen (secondary N) is 2. The van der Waals surface area contributed by atoms with E-state index in [1.165, 1.54) is 24.9 Å². The molecular weight excluding hydrogens is 388 g/mol. The molecule has 1 aromatic heterocycles. The van der Waals surface area contributed by atoms with Gasteiger partial charge in [-0.25, -0.2) is 4.98 Å². The van der Waals surface area contributed by atoms with Gasteiger partial charge < -0.3 is 19.8 Å². The average Bonchev–Trinajstić information content (AvgIpc) is 3.07. The largest absolute Gasteiger partial charge is 0.493 e. The van der Waals surface area contributed by atoms with E-state index in [1.54, 1.807) is 12.1 Å². The molecule has 2 aromatic carbocycles. The summed E-state index contributed by atoms with van der Waals surface area (Å²) in [4.78, 5) is 19.7. The Balaban J connectivity index is 1.53. The van der Waals surface area contributed by atoms with E-state index in [9.17, 15) is 13.6 Å². The van der Waals surface area contributed by atoms with Gasteiger partial charge in [-0.3, -0.25) is 4.79 Å². The molecule has 28 heavy (non-hydrogen) atoms. The van der Waals surface area contributed by atoms with Gasteiger partial charge in [0.25, 0.3) is 0 Å². The summed E-state index contributed by atoms with van der Waals surface area (Å²) in [5.74, 6) is 0.151. The molecule has 0 unspecified atom stereocenters. The molecule has 0 saturated carbocycles. The number of hydrogen-bond acceptors (Lipinski definition) is 5. The number of nitrogens with zero attached hydrogens (tertiary/aromatic N) is 1. The summed E-state index contributed by atoms with van der Waals surface area (Å²) in [7, 11) is 1.36. The van der Waals surface area contributed by atoms with Gasteiger partial charge in [-0.15, -0.1) is 0 Å². The van der Waals surface area contributed by atoms with Crippen LogP contribution in [0.25, 0.3) is 11.0 Å². The lowest BCUT2D eigenvalue weighted by Gasteiger charge is -2.11. The zero-order chi connectivity index (χ0) is 20.1. The van der Waals surface area contributed by atoms with Crippen LogP contribution in [0.4, 0.5) is 8.78 Å². The van der Waals surface area contributed by atoms with Crippen LogP contribution in [0.3, 0.4) is 0 Å². The van der Waals surface area contributed by atoms with Crippen LogP contribution >= 0.6 is 11.8 Å². The minimum atomic E-state index is -2.93. The van der Waals surface area contributed by atoms with Crippen LogP contribution in [0.15, 0.2) is 41.6 Å². The SMILES string of the molecule is COc1cc(CNC(=O)CSc2nc3ccc(C)cc3[nH]2)ccc1OC(F)F. The number of aryl methyl sites for hydroxylation is 1. The van der Waals surface area contributed by atoms with E-state index in [2.05, 4.69) is 20.0 Å². The monoisotopic (exact) mass is 407 g/mol. The molecule has 9 heteroatoms. The predicted molar refractivity (Wildman–Crippen MR) is 103 cm³/mol. The summed E-state index contributed by atoms with van der Waals surface area (Å²) in [6, 6.07) is 10.4. The quantitative estimate of drug-likeness (QED) is 0.554. The minimum absolute atomic E-state index is 0.0525. The second kappa shape index (κ2) is 8.92. The van der Waals surface area contributed by atoms with Crippen LogP contribution < -0.4 is 14.8 Å². The fraction of sp³-hybridized carbons (Fsp3) is 0.263. The first kappa shape index (κ1) is 19.9. The van der Waals surface area contributed by atoms with Crippen molar-refractivity contribution in [3.8, 4) is 11.5 Å². The van der Waals surface area contributed by atoms with E-state index in [-0.39, 0.29) is 29.7 Å². The van der Waals surface area contributed by atoms with Gasteiger partial charge in [0.15, 0.2) is 16.7 Å². The van der Waals surface area contributed by atoms with Crippen molar-refractivity contribution in [1.29, 1.82) is 0 Å². The molecule has 2 N–H and O–H groups in total. The van der Waals surface area contributed by atoms with Crippen molar-refractivity contribution < 1.29 is 23.0 Å². The number of carbonyl (C=O) groups is 1. The summed E-state index contributed by atoms with van der Waals surface area (Å²) in [5, 5.41) is 3.45. The zero-order valence-electron chi connectivity index (χ0n) is 15.3. The molecule has 0 atom stereocenters. The van der Waals surface area contributed by atoms with Crippen LogP contribution in [-0.4, -0.2) is 35.3 Å². The number of amides is 1.